The lowest BCUT2D eigenvalue weighted by Crippen LogP contribution is -1.57. The molecular weight excluding hydrogens is 256 g/mol. The van der Waals surface area contributed by atoms with Crippen LogP contribution in [0.25, 0.3) is 12.2 Å². The van der Waals surface area contributed by atoms with Gasteiger partial charge in [-0.3, -0.25) is 0 Å². The summed E-state index contributed by atoms with van der Waals surface area (Å²) in [5.74, 6) is 0. The quantitative estimate of drug-likeness (QED) is 0.577. The zero-order valence-corrected chi connectivity index (χ0v) is 13.9. The zero-order valence-electron chi connectivity index (χ0n) is 12.3. The Balaban J connectivity index is 0.000000659. The maximum absolute atomic E-state index is 2.18. The maximum atomic E-state index is 2.18. The maximum Gasteiger partial charge on any atom is 0.0273 e. The summed E-state index contributed by atoms with van der Waals surface area (Å²) >= 11 is 3.66. The molecule has 0 amide bonds. The molecule has 2 heterocycles. The van der Waals surface area contributed by atoms with Gasteiger partial charge in [-0.1, -0.05) is 27.7 Å². The van der Waals surface area contributed by atoms with Crippen molar-refractivity contribution in [1.29, 1.82) is 0 Å². The van der Waals surface area contributed by atoms with Gasteiger partial charge in [-0.25, -0.2) is 0 Å². The molecule has 0 radical (unpaired) electrons. The molecule has 18 heavy (non-hydrogen) atoms. The predicted octanol–water partition coefficient (Wildman–Crippen LogP) is 6.65. The molecule has 0 aliphatic carbocycles. The van der Waals surface area contributed by atoms with Gasteiger partial charge in [0, 0.05) is 19.5 Å². The summed E-state index contributed by atoms with van der Waals surface area (Å²) in [6.45, 7) is 12.3. The van der Waals surface area contributed by atoms with E-state index in [4.69, 9.17) is 0 Å². The first kappa shape index (κ1) is 17.1. The lowest BCUT2D eigenvalue weighted by molar-refractivity contribution is 1.50. The summed E-state index contributed by atoms with van der Waals surface area (Å²) < 4.78 is 0. The average Bonchev–Trinajstić information content (AvgIpc) is 3.01. The Morgan fingerprint density at radius 3 is 1.22 bits per heavy atom. The van der Waals surface area contributed by atoms with Crippen molar-refractivity contribution >= 4 is 34.8 Å². The third-order valence-electron chi connectivity index (χ3n) is 1.93. The van der Waals surface area contributed by atoms with E-state index in [1.54, 1.807) is 0 Å². The molecule has 2 aromatic rings. The van der Waals surface area contributed by atoms with Crippen molar-refractivity contribution in [3.05, 3.63) is 43.8 Å². The molecule has 100 valence electrons. The Kier molecular flexibility index (Phi) is 9.62. The monoisotopic (exact) mass is 280 g/mol. The second-order valence-electron chi connectivity index (χ2n) is 3.23. The van der Waals surface area contributed by atoms with E-state index < -0.39 is 0 Å². The Labute approximate surface area is 120 Å². The van der Waals surface area contributed by atoms with Crippen molar-refractivity contribution in [2.75, 3.05) is 0 Å². The van der Waals surface area contributed by atoms with Gasteiger partial charge in [0.1, 0.15) is 0 Å². The highest BCUT2D eigenvalue weighted by Gasteiger charge is 1.93. The molecular formula is C16H24S2. The second-order valence-corrected chi connectivity index (χ2v) is 5.87. The number of aryl methyl sites for hydroxylation is 2. The second kappa shape index (κ2) is 10.1. The molecule has 2 aromatic heterocycles. The molecule has 0 nitrogen and oxygen atoms in total. The molecule has 0 aliphatic rings. The van der Waals surface area contributed by atoms with Crippen molar-refractivity contribution in [1.82, 2.24) is 0 Å². The van der Waals surface area contributed by atoms with Crippen molar-refractivity contribution in [2.24, 2.45) is 0 Å². The van der Waals surface area contributed by atoms with Gasteiger partial charge < -0.3 is 0 Å². The highest BCUT2D eigenvalue weighted by molar-refractivity contribution is 7.13. The molecule has 0 aromatic carbocycles. The first-order valence-corrected chi connectivity index (χ1v) is 8.18. The van der Waals surface area contributed by atoms with E-state index in [2.05, 4.69) is 50.3 Å². The number of thiophene rings is 2. The molecule has 0 spiro atoms. The van der Waals surface area contributed by atoms with Crippen molar-refractivity contribution < 1.29 is 0 Å². The normalized spacial score (nSPS) is 9.44. The van der Waals surface area contributed by atoms with Gasteiger partial charge in [0.2, 0.25) is 0 Å². The fourth-order valence-corrected chi connectivity index (χ4v) is 2.81. The van der Waals surface area contributed by atoms with Gasteiger partial charge >= 0.3 is 0 Å². The van der Waals surface area contributed by atoms with Crippen molar-refractivity contribution in [3.63, 3.8) is 0 Å². The minimum Gasteiger partial charge on any atom is -0.141 e. The van der Waals surface area contributed by atoms with Gasteiger partial charge in [0.05, 0.1) is 0 Å². The van der Waals surface area contributed by atoms with Gasteiger partial charge in [-0.05, 0) is 50.3 Å². The number of rotatable bonds is 2. The molecule has 2 rings (SSSR count). The van der Waals surface area contributed by atoms with E-state index in [0.29, 0.717) is 0 Å². The molecule has 2 heteroatoms. The smallest absolute Gasteiger partial charge is 0.0273 e. The van der Waals surface area contributed by atoms with Crippen LogP contribution in [-0.4, -0.2) is 0 Å². The Morgan fingerprint density at radius 1 is 0.667 bits per heavy atom. The zero-order chi connectivity index (χ0) is 14.0. The van der Waals surface area contributed by atoms with Crippen LogP contribution < -0.4 is 0 Å². The molecule has 0 N–H and O–H groups in total. The fraction of sp³-hybridized carbons (Fsp3) is 0.375. The lowest BCUT2D eigenvalue weighted by Gasteiger charge is -1.83. The summed E-state index contributed by atoms with van der Waals surface area (Å²) in [4.78, 5) is 5.39. The third kappa shape index (κ3) is 6.18. The summed E-state index contributed by atoms with van der Waals surface area (Å²) in [5.41, 5.74) is 0. The summed E-state index contributed by atoms with van der Waals surface area (Å²) in [6.07, 6.45) is 4.37. The van der Waals surface area contributed by atoms with E-state index >= 15 is 0 Å². The Morgan fingerprint density at radius 2 is 1.00 bits per heavy atom. The van der Waals surface area contributed by atoms with Gasteiger partial charge in [-0.15, -0.1) is 22.7 Å². The Bertz CT molecular complexity index is 405. The summed E-state index contributed by atoms with van der Waals surface area (Å²) in [7, 11) is 0. The van der Waals surface area contributed by atoms with Gasteiger partial charge in [-0.2, -0.15) is 0 Å². The van der Waals surface area contributed by atoms with Crippen LogP contribution in [0, 0.1) is 13.8 Å². The number of hydrogen-bond acceptors (Lipinski definition) is 2. The highest BCUT2D eigenvalue weighted by Crippen LogP contribution is 2.21. The van der Waals surface area contributed by atoms with E-state index in [9.17, 15) is 0 Å². The average molecular weight is 281 g/mol. The van der Waals surface area contributed by atoms with Gasteiger partial charge in [0.25, 0.3) is 0 Å². The van der Waals surface area contributed by atoms with Crippen molar-refractivity contribution in [2.45, 2.75) is 41.5 Å². The topological polar surface area (TPSA) is 0 Å². The summed E-state index contributed by atoms with van der Waals surface area (Å²) in [5, 5.41) is 0. The van der Waals surface area contributed by atoms with E-state index in [0.717, 1.165) is 0 Å². The molecule has 0 unspecified atom stereocenters. The molecule has 0 bridgehead atoms. The highest BCUT2D eigenvalue weighted by atomic mass is 32.1. The molecule has 0 saturated heterocycles. The first-order valence-electron chi connectivity index (χ1n) is 6.55. The lowest BCUT2D eigenvalue weighted by atomic mass is 10.3. The standard InChI is InChI=1S/C12H12S2.2C2H6/c1-9-3-5-11(13-9)7-8-12-6-4-10(2)14-12;2*1-2/h3-8H,1-2H3;2*1-2H3. The van der Waals surface area contributed by atoms with Crippen LogP contribution in [0.15, 0.2) is 24.3 Å². The molecule has 0 fully saturated rings. The molecule has 0 atom stereocenters. The van der Waals surface area contributed by atoms with E-state index in [1.165, 1.54) is 19.5 Å². The van der Waals surface area contributed by atoms with Crippen LogP contribution in [0.1, 0.15) is 47.2 Å². The fourth-order valence-electron chi connectivity index (χ4n) is 1.25. The summed E-state index contributed by atoms with van der Waals surface area (Å²) in [6, 6.07) is 8.64. The Hall–Kier alpha value is -0.860. The van der Waals surface area contributed by atoms with E-state index in [1.807, 2.05) is 50.4 Å². The minimum absolute atomic E-state index is 1.33. The minimum atomic E-state index is 1.33. The van der Waals surface area contributed by atoms with Crippen LogP contribution in [0.2, 0.25) is 0 Å². The van der Waals surface area contributed by atoms with E-state index in [-0.39, 0.29) is 0 Å². The third-order valence-corrected chi connectivity index (χ3v) is 3.87. The largest absolute Gasteiger partial charge is 0.141 e. The van der Waals surface area contributed by atoms with Crippen molar-refractivity contribution in [3.8, 4) is 0 Å². The van der Waals surface area contributed by atoms with Crippen LogP contribution >= 0.6 is 22.7 Å². The number of hydrogen-bond donors (Lipinski definition) is 0. The van der Waals surface area contributed by atoms with Gasteiger partial charge in [0.15, 0.2) is 0 Å². The predicted molar refractivity (Wildman–Crippen MR) is 89.7 cm³/mol. The van der Waals surface area contributed by atoms with Crippen LogP contribution in [0.3, 0.4) is 0 Å². The SMILES string of the molecule is CC.CC.Cc1ccc(C=Cc2ccc(C)s2)s1. The van der Waals surface area contributed by atoms with Crippen LogP contribution in [-0.2, 0) is 0 Å². The first-order chi connectivity index (χ1) is 8.74. The molecule has 0 aliphatic heterocycles. The molecule has 0 saturated carbocycles. The van der Waals surface area contributed by atoms with Crippen LogP contribution in [0.4, 0.5) is 0 Å². The van der Waals surface area contributed by atoms with Crippen LogP contribution in [0.5, 0.6) is 0 Å².